The molecule has 0 atom stereocenters. The number of nitrogens with zero attached hydrogens (tertiary/aromatic N) is 2. The summed E-state index contributed by atoms with van der Waals surface area (Å²) in [7, 11) is 1.87. The fourth-order valence-corrected chi connectivity index (χ4v) is 3.17. The molecule has 32 heavy (non-hydrogen) atoms. The van der Waals surface area contributed by atoms with Crippen LogP contribution in [0.3, 0.4) is 0 Å². The third-order valence-corrected chi connectivity index (χ3v) is 4.86. The molecule has 0 bridgehead atoms. The van der Waals surface area contributed by atoms with Crippen molar-refractivity contribution in [2.45, 2.75) is 19.4 Å². The predicted molar refractivity (Wildman–Crippen MR) is 122 cm³/mol. The van der Waals surface area contributed by atoms with Crippen LogP contribution in [-0.4, -0.2) is 15.7 Å². The van der Waals surface area contributed by atoms with Crippen molar-refractivity contribution in [2.75, 3.05) is 16.0 Å². The highest BCUT2D eigenvalue weighted by Crippen LogP contribution is 2.21. The summed E-state index contributed by atoms with van der Waals surface area (Å²) in [6, 6.07) is 18.0. The quantitative estimate of drug-likeness (QED) is 0.343. The van der Waals surface area contributed by atoms with E-state index >= 15 is 0 Å². The average molecular weight is 433 g/mol. The molecular formula is C24H24FN5O2. The standard InChI is InChI=1S/C24H24FN5O2/c1-30-13-12-23(29-30)27-18-6-4-17(5-7-18)16-26-19-8-10-21(25)22(15-19)28-24(31)11-9-20-3-2-14-32-20/h2-8,10,12-15,26H,9,11,16H2,1H3,(H,27,29)(H,28,31). The zero-order valence-electron chi connectivity index (χ0n) is 17.6. The average Bonchev–Trinajstić information content (AvgIpc) is 3.45. The number of hydrogen-bond acceptors (Lipinski definition) is 5. The highest BCUT2D eigenvalue weighted by molar-refractivity contribution is 5.91. The van der Waals surface area contributed by atoms with Crippen molar-refractivity contribution in [1.82, 2.24) is 9.78 Å². The van der Waals surface area contributed by atoms with Gasteiger partial charge in [-0.3, -0.25) is 9.48 Å². The first-order chi connectivity index (χ1) is 15.5. The molecule has 0 spiro atoms. The van der Waals surface area contributed by atoms with Crippen LogP contribution in [0, 0.1) is 5.82 Å². The maximum atomic E-state index is 14.2. The molecule has 0 saturated carbocycles. The van der Waals surface area contributed by atoms with E-state index in [4.69, 9.17) is 4.42 Å². The normalized spacial score (nSPS) is 10.7. The minimum atomic E-state index is -0.480. The molecule has 4 aromatic rings. The van der Waals surface area contributed by atoms with Gasteiger partial charge in [-0.25, -0.2) is 4.39 Å². The number of anilines is 4. The van der Waals surface area contributed by atoms with E-state index in [2.05, 4.69) is 21.0 Å². The van der Waals surface area contributed by atoms with Gasteiger partial charge >= 0.3 is 0 Å². The lowest BCUT2D eigenvalue weighted by Crippen LogP contribution is -2.13. The van der Waals surface area contributed by atoms with E-state index in [0.29, 0.717) is 18.7 Å². The van der Waals surface area contributed by atoms with Crippen LogP contribution >= 0.6 is 0 Å². The minimum Gasteiger partial charge on any atom is -0.469 e. The van der Waals surface area contributed by atoms with E-state index in [1.54, 1.807) is 35.2 Å². The Morgan fingerprint density at radius 1 is 1.09 bits per heavy atom. The van der Waals surface area contributed by atoms with Gasteiger partial charge in [0.15, 0.2) is 5.82 Å². The first-order valence-corrected chi connectivity index (χ1v) is 10.3. The van der Waals surface area contributed by atoms with Crippen molar-refractivity contribution >= 4 is 28.8 Å². The van der Waals surface area contributed by atoms with E-state index < -0.39 is 5.82 Å². The van der Waals surface area contributed by atoms with Crippen LogP contribution in [0.15, 0.2) is 77.5 Å². The van der Waals surface area contributed by atoms with Crippen molar-refractivity contribution in [3.8, 4) is 0 Å². The lowest BCUT2D eigenvalue weighted by molar-refractivity contribution is -0.116. The highest BCUT2D eigenvalue weighted by atomic mass is 19.1. The number of carbonyl (C=O) groups excluding carboxylic acids is 1. The number of aryl methyl sites for hydroxylation is 2. The number of aromatic nitrogens is 2. The minimum absolute atomic E-state index is 0.148. The molecule has 2 aromatic heterocycles. The van der Waals surface area contributed by atoms with Crippen LogP contribution in [0.1, 0.15) is 17.7 Å². The third-order valence-electron chi connectivity index (χ3n) is 4.86. The van der Waals surface area contributed by atoms with Crippen LogP contribution in [-0.2, 0) is 24.8 Å². The molecule has 0 aliphatic rings. The van der Waals surface area contributed by atoms with Gasteiger partial charge < -0.3 is 20.4 Å². The molecule has 164 valence electrons. The molecule has 4 rings (SSSR count). The summed E-state index contributed by atoms with van der Waals surface area (Å²) in [6.45, 7) is 0.557. The number of rotatable bonds is 9. The summed E-state index contributed by atoms with van der Waals surface area (Å²) >= 11 is 0. The zero-order chi connectivity index (χ0) is 22.3. The van der Waals surface area contributed by atoms with Gasteiger partial charge in [0.1, 0.15) is 11.6 Å². The molecule has 0 radical (unpaired) electrons. The Balaban J connectivity index is 1.30. The van der Waals surface area contributed by atoms with Crippen LogP contribution in [0.4, 0.5) is 27.3 Å². The molecule has 0 saturated heterocycles. The molecule has 0 aliphatic heterocycles. The topological polar surface area (TPSA) is 84.1 Å². The Hall–Kier alpha value is -4.07. The van der Waals surface area contributed by atoms with E-state index in [1.807, 2.05) is 43.6 Å². The molecule has 2 aromatic carbocycles. The predicted octanol–water partition coefficient (Wildman–Crippen LogP) is 5.08. The smallest absolute Gasteiger partial charge is 0.224 e. The van der Waals surface area contributed by atoms with Crippen molar-refractivity contribution in [2.24, 2.45) is 7.05 Å². The maximum Gasteiger partial charge on any atom is 0.224 e. The second kappa shape index (κ2) is 9.82. The lowest BCUT2D eigenvalue weighted by Gasteiger charge is -2.11. The third kappa shape index (κ3) is 5.75. The molecule has 7 nitrogen and oxygen atoms in total. The highest BCUT2D eigenvalue weighted by Gasteiger charge is 2.09. The number of hydrogen-bond donors (Lipinski definition) is 3. The molecule has 0 unspecified atom stereocenters. The summed E-state index contributed by atoms with van der Waals surface area (Å²) < 4.78 is 21.1. The van der Waals surface area contributed by atoms with Gasteiger partial charge in [-0.1, -0.05) is 12.1 Å². The van der Waals surface area contributed by atoms with Gasteiger partial charge in [0, 0.05) is 50.1 Å². The second-order valence-electron chi connectivity index (χ2n) is 7.37. The number of nitrogens with one attached hydrogen (secondary N) is 3. The zero-order valence-corrected chi connectivity index (χ0v) is 17.6. The Kier molecular flexibility index (Phi) is 6.50. The van der Waals surface area contributed by atoms with Gasteiger partial charge in [0.25, 0.3) is 0 Å². The molecule has 0 aliphatic carbocycles. The Morgan fingerprint density at radius 3 is 2.62 bits per heavy atom. The lowest BCUT2D eigenvalue weighted by atomic mass is 10.2. The largest absolute Gasteiger partial charge is 0.469 e. The molecule has 3 N–H and O–H groups in total. The summed E-state index contributed by atoms with van der Waals surface area (Å²) in [5.74, 6) is 0.751. The summed E-state index contributed by atoms with van der Waals surface area (Å²) in [4.78, 5) is 12.2. The Morgan fingerprint density at radius 2 is 1.91 bits per heavy atom. The summed E-state index contributed by atoms with van der Waals surface area (Å²) in [5, 5.41) is 13.4. The Labute approximate surface area is 185 Å². The van der Waals surface area contributed by atoms with E-state index in [-0.39, 0.29) is 18.0 Å². The fraction of sp³-hybridized carbons (Fsp3) is 0.167. The number of halogens is 1. The van der Waals surface area contributed by atoms with Gasteiger partial charge in [-0.2, -0.15) is 5.10 Å². The van der Waals surface area contributed by atoms with E-state index in [1.165, 1.54) is 6.07 Å². The van der Waals surface area contributed by atoms with Crippen LogP contribution in [0.5, 0.6) is 0 Å². The second-order valence-corrected chi connectivity index (χ2v) is 7.37. The number of benzene rings is 2. The molecule has 0 fully saturated rings. The van der Waals surface area contributed by atoms with Crippen LogP contribution < -0.4 is 16.0 Å². The van der Waals surface area contributed by atoms with E-state index in [9.17, 15) is 9.18 Å². The summed E-state index contributed by atoms with van der Waals surface area (Å²) in [5.41, 5.74) is 2.86. The molecule has 8 heteroatoms. The summed E-state index contributed by atoms with van der Waals surface area (Å²) in [6.07, 6.45) is 4.11. The van der Waals surface area contributed by atoms with Crippen molar-refractivity contribution in [3.05, 3.63) is 90.3 Å². The van der Waals surface area contributed by atoms with Crippen molar-refractivity contribution in [1.29, 1.82) is 0 Å². The van der Waals surface area contributed by atoms with Gasteiger partial charge in [-0.05, 0) is 48.0 Å². The first-order valence-electron chi connectivity index (χ1n) is 10.3. The molecule has 1 amide bonds. The van der Waals surface area contributed by atoms with Crippen LogP contribution in [0.2, 0.25) is 0 Å². The number of carbonyl (C=O) groups is 1. The monoisotopic (exact) mass is 433 g/mol. The maximum absolute atomic E-state index is 14.2. The number of furan rings is 1. The first kappa shape index (κ1) is 21.2. The molecule has 2 heterocycles. The number of amides is 1. The SMILES string of the molecule is Cn1ccc(Nc2ccc(CNc3ccc(F)c(NC(=O)CCc4ccco4)c3)cc2)n1. The van der Waals surface area contributed by atoms with Crippen molar-refractivity contribution in [3.63, 3.8) is 0 Å². The van der Waals surface area contributed by atoms with Gasteiger partial charge in [0.05, 0.1) is 12.0 Å². The van der Waals surface area contributed by atoms with Gasteiger partial charge in [-0.15, -0.1) is 0 Å². The Bertz CT molecular complexity index is 1170. The van der Waals surface area contributed by atoms with Crippen LogP contribution in [0.25, 0.3) is 0 Å². The molecular weight excluding hydrogens is 409 g/mol. The van der Waals surface area contributed by atoms with Gasteiger partial charge in [0.2, 0.25) is 5.91 Å². The van der Waals surface area contributed by atoms with Crippen molar-refractivity contribution < 1.29 is 13.6 Å². The van der Waals surface area contributed by atoms with E-state index in [0.717, 1.165) is 22.8 Å². The fourth-order valence-electron chi connectivity index (χ4n) is 3.17.